The second-order valence-corrected chi connectivity index (χ2v) is 3.79. The summed E-state index contributed by atoms with van der Waals surface area (Å²) in [5.74, 6) is 2.14. The summed E-state index contributed by atoms with van der Waals surface area (Å²) in [5, 5.41) is 0. The number of hydrogen-bond donors (Lipinski definition) is 0. The molecule has 68 valence electrons. The van der Waals surface area contributed by atoms with Gasteiger partial charge in [-0.25, -0.2) is 0 Å². The molecule has 0 saturated heterocycles. The summed E-state index contributed by atoms with van der Waals surface area (Å²) in [7, 11) is 0.199. The Morgan fingerprint density at radius 3 is 2.50 bits per heavy atom. The summed E-state index contributed by atoms with van der Waals surface area (Å²) in [4.78, 5) is 2.33. The Morgan fingerprint density at radius 2 is 2.00 bits per heavy atom. The Bertz CT molecular complexity index is 168. The summed E-state index contributed by atoms with van der Waals surface area (Å²) < 4.78 is 5.72. The smallest absolute Gasteiger partial charge is 0.411 e. The fourth-order valence-electron chi connectivity index (χ4n) is 1.42. The number of rotatable bonds is 3. The van der Waals surface area contributed by atoms with Crippen molar-refractivity contribution in [3.05, 3.63) is 12.1 Å². The van der Waals surface area contributed by atoms with Crippen LogP contribution in [0.25, 0.3) is 0 Å². The van der Waals surface area contributed by atoms with Gasteiger partial charge in [0.05, 0.1) is 0 Å². The molecule has 1 aliphatic heterocycles. The first-order chi connectivity index (χ1) is 5.61. The summed E-state index contributed by atoms with van der Waals surface area (Å²) in [5.41, 5.74) is 0. The van der Waals surface area contributed by atoms with Gasteiger partial charge in [-0.2, -0.15) is 0 Å². The quantitative estimate of drug-likeness (QED) is 0.593. The molecule has 0 aliphatic carbocycles. The molecule has 2 nitrogen and oxygen atoms in total. The second-order valence-electron chi connectivity index (χ2n) is 3.79. The first kappa shape index (κ1) is 9.81. The molecule has 0 radical (unpaired) electrons. The molecular weight excluding hydrogens is 149 g/mol. The lowest BCUT2D eigenvalue weighted by Crippen LogP contribution is -2.43. The van der Waals surface area contributed by atoms with E-state index in [-0.39, 0.29) is 7.05 Å². The molecule has 12 heavy (non-hydrogen) atoms. The van der Waals surface area contributed by atoms with Gasteiger partial charge in [0.2, 0.25) is 0 Å². The van der Waals surface area contributed by atoms with Crippen LogP contribution in [-0.2, 0) is 4.65 Å². The van der Waals surface area contributed by atoms with E-state index in [1.54, 1.807) is 0 Å². The van der Waals surface area contributed by atoms with Gasteiger partial charge in [-0.3, -0.25) is 0 Å². The maximum Gasteiger partial charge on any atom is 0.411 e. The SMILES string of the molecule is CC(C)OB1C=CCN1C(C)C. The van der Waals surface area contributed by atoms with E-state index >= 15 is 0 Å². The van der Waals surface area contributed by atoms with Crippen LogP contribution in [0.5, 0.6) is 0 Å². The van der Waals surface area contributed by atoms with Crippen LogP contribution in [0.3, 0.4) is 0 Å². The molecule has 0 aromatic heterocycles. The molecule has 1 aliphatic rings. The third-order valence-corrected chi connectivity index (χ3v) is 2.02. The normalized spacial score (nSPS) is 18.7. The van der Waals surface area contributed by atoms with Crippen LogP contribution in [0.4, 0.5) is 0 Å². The minimum absolute atomic E-state index is 0.199. The average molecular weight is 167 g/mol. The van der Waals surface area contributed by atoms with Gasteiger partial charge in [0.25, 0.3) is 0 Å². The summed E-state index contributed by atoms with van der Waals surface area (Å²) in [6, 6.07) is 0.559. The Labute approximate surface area is 75.7 Å². The van der Waals surface area contributed by atoms with Gasteiger partial charge in [-0.1, -0.05) is 25.9 Å². The first-order valence-electron chi connectivity index (χ1n) is 4.69. The second kappa shape index (κ2) is 4.10. The van der Waals surface area contributed by atoms with Gasteiger partial charge in [0.15, 0.2) is 0 Å². The highest BCUT2D eigenvalue weighted by Gasteiger charge is 2.28. The predicted molar refractivity (Wildman–Crippen MR) is 53.0 cm³/mol. The third-order valence-electron chi connectivity index (χ3n) is 2.02. The fourth-order valence-corrected chi connectivity index (χ4v) is 1.42. The number of nitrogens with zero attached hydrogens (tertiary/aromatic N) is 1. The lowest BCUT2D eigenvalue weighted by atomic mass is 9.82. The van der Waals surface area contributed by atoms with E-state index < -0.39 is 0 Å². The van der Waals surface area contributed by atoms with Crippen molar-refractivity contribution >= 4 is 7.05 Å². The highest BCUT2D eigenvalue weighted by molar-refractivity contribution is 6.55. The maximum atomic E-state index is 5.72. The van der Waals surface area contributed by atoms with Crippen LogP contribution >= 0.6 is 0 Å². The number of hydrogen-bond acceptors (Lipinski definition) is 2. The summed E-state index contributed by atoms with van der Waals surface area (Å²) in [6.45, 7) is 9.57. The van der Waals surface area contributed by atoms with E-state index in [2.05, 4.69) is 44.6 Å². The molecule has 1 heterocycles. The fraction of sp³-hybridized carbons (Fsp3) is 0.778. The molecule has 0 unspecified atom stereocenters. The van der Waals surface area contributed by atoms with Crippen LogP contribution in [0, 0.1) is 0 Å². The van der Waals surface area contributed by atoms with E-state index in [1.807, 2.05) is 0 Å². The van der Waals surface area contributed by atoms with E-state index in [0.29, 0.717) is 12.1 Å². The average Bonchev–Trinajstić information content (AvgIpc) is 2.33. The van der Waals surface area contributed by atoms with E-state index in [1.165, 1.54) is 0 Å². The molecule has 0 aromatic rings. The van der Waals surface area contributed by atoms with Crippen molar-refractivity contribution < 1.29 is 4.65 Å². The van der Waals surface area contributed by atoms with Crippen LogP contribution < -0.4 is 0 Å². The first-order valence-corrected chi connectivity index (χ1v) is 4.69. The third kappa shape index (κ3) is 2.36. The van der Waals surface area contributed by atoms with Gasteiger partial charge in [0, 0.05) is 12.6 Å². The maximum absolute atomic E-state index is 5.72. The Morgan fingerprint density at radius 1 is 1.33 bits per heavy atom. The summed E-state index contributed by atoms with van der Waals surface area (Å²) in [6.07, 6.45) is 2.48. The molecule has 1 rings (SSSR count). The monoisotopic (exact) mass is 167 g/mol. The van der Waals surface area contributed by atoms with Gasteiger partial charge in [0.1, 0.15) is 0 Å². The van der Waals surface area contributed by atoms with Crippen molar-refractivity contribution in [2.24, 2.45) is 0 Å². The Balaban J connectivity index is 2.45. The van der Waals surface area contributed by atoms with Crippen molar-refractivity contribution in [1.82, 2.24) is 4.81 Å². The molecule has 0 bridgehead atoms. The lowest BCUT2D eigenvalue weighted by Gasteiger charge is -2.26. The largest absolute Gasteiger partial charge is 0.416 e. The molecular formula is C9H18BNO. The standard InChI is InChI=1S/C9H18BNO/c1-8(2)11-7-5-6-10(11)12-9(3)4/h5-6,8-9H,7H2,1-4H3. The van der Waals surface area contributed by atoms with Crippen LogP contribution in [0.15, 0.2) is 12.1 Å². The van der Waals surface area contributed by atoms with Gasteiger partial charge < -0.3 is 9.47 Å². The van der Waals surface area contributed by atoms with Gasteiger partial charge >= 0.3 is 7.05 Å². The topological polar surface area (TPSA) is 12.5 Å². The molecule has 0 atom stereocenters. The molecule has 0 amide bonds. The van der Waals surface area contributed by atoms with Crippen molar-refractivity contribution in [1.29, 1.82) is 0 Å². The molecule has 0 N–H and O–H groups in total. The highest BCUT2D eigenvalue weighted by atomic mass is 16.5. The predicted octanol–water partition coefficient (Wildman–Crippen LogP) is 1.72. The van der Waals surface area contributed by atoms with Crippen LogP contribution in [0.1, 0.15) is 27.7 Å². The molecule has 0 saturated carbocycles. The summed E-state index contributed by atoms with van der Waals surface area (Å²) >= 11 is 0. The lowest BCUT2D eigenvalue weighted by molar-refractivity contribution is 0.206. The highest BCUT2D eigenvalue weighted by Crippen LogP contribution is 2.12. The van der Waals surface area contributed by atoms with Gasteiger partial charge in [-0.15, -0.1) is 0 Å². The zero-order valence-electron chi connectivity index (χ0n) is 8.45. The van der Waals surface area contributed by atoms with Crippen molar-refractivity contribution in [3.63, 3.8) is 0 Å². The van der Waals surface area contributed by atoms with E-state index in [4.69, 9.17) is 4.65 Å². The van der Waals surface area contributed by atoms with Crippen LogP contribution in [-0.4, -0.2) is 30.6 Å². The van der Waals surface area contributed by atoms with E-state index in [0.717, 1.165) is 6.54 Å². The molecule has 0 fully saturated rings. The van der Waals surface area contributed by atoms with Crippen molar-refractivity contribution in [2.75, 3.05) is 6.54 Å². The van der Waals surface area contributed by atoms with Gasteiger partial charge in [-0.05, 0) is 19.9 Å². The Kier molecular flexibility index (Phi) is 3.35. The zero-order chi connectivity index (χ0) is 9.14. The molecule has 0 spiro atoms. The van der Waals surface area contributed by atoms with Crippen molar-refractivity contribution in [3.8, 4) is 0 Å². The minimum Gasteiger partial charge on any atom is -0.416 e. The Hall–Kier alpha value is -0.275. The van der Waals surface area contributed by atoms with E-state index in [9.17, 15) is 0 Å². The van der Waals surface area contributed by atoms with Crippen LogP contribution in [0.2, 0.25) is 0 Å². The van der Waals surface area contributed by atoms with Crippen molar-refractivity contribution in [2.45, 2.75) is 39.8 Å². The zero-order valence-corrected chi connectivity index (χ0v) is 8.45. The minimum atomic E-state index is 0.199. The molecule has 3 heteroatoms. The molecule has 0 aromatic carbocycles.